The number of amides is 1. The lowest BCUT2D eigenvalue weighted by atomic mass is 10.1. The average Bonchev–Trinajstić information content (AvgIpc) is 3.19. The fourth-order valence-corrected chi connectivity index (χ4v) is 1.95. The second kappa shape index (κ2) is 5.82. The van der Waals surface area contributed by atoms with Gasteiger partial charge in [0.05, 0.1) is 6.61 Å². The Morgan fingerprint density at radius 3 is 2.53 bits per heavy atom. The second-order valence-electron chi connectivity index (χ2n) is 4.56. The van der Waals surface area contributed by atoms with Gasteiger partial charge in [0.15, 0.2) is 0 Å². The Labute approximate surface area is 102 Å². The summed E-state index contributed by atoms with van der Waals surface area (Å²) in [6.45, 7) is 1.22. The Hall–Kier alpha value is -1.35. The van der Waals surface area contributed by atoms with E-state index in [-0.39, 0.29) is 18.4 Å². The van der Waals surface area contributed by atoms with Crippen LogP contribution < -0.4 is 0 Å². The van der Waals surface area contributed by atoms with Gasteiger partial charge in [-0.15, -0.1) is 0 Å². The highest BCUT2D eigenvalue weighted by molar-refractivity contribution is 5.81. The summed E-state index contributed by atoms with van der Waals surface area (Å²) in [5.41, 5.74) is 1.24. The van der Waals surface area contributed by atoms with Crippen molar-refractivity contribution in [3.05, 3.63) is 35.9 Å². The monoisotopic (exact) mass is 233 g/mol. The van der Waals surface area contributed by atoms with E-state index in [1.54, 1.807) is 4.90 Å². The van der Waals surface area contributed by atoms with Gasteiger partial charge in [0.25, 0.3) is 0 Å². The zero-order valence-electron chi connectivity index (χ0n) is 10.0. The standard InChI is InChI=1S/C14H19NO2/c16-11-10-15(14(17)13-6-7-13)9-8-12-4-2-1-3-5-12/h1-5,13,16H,6-11H2. The molecule has 3 heteroatoms. The maximum atomic E-state index is 11.9. The summed E-state index contributed by atoms with van der Waals surface area (Å²) in [5, 5.41) is 8.99. The van der Waals surface area contributed by atoms with Crippen LogP contribution >= 0.6 is 0 Å². The minimum Gasteiger partial charge on any atom is -0.395 e. The molecule has 0 atom stereocenters. The first-order valence-corrected chi connectivity index (χ1v) is 6.25. The van der Waals surface area contributed by atoms with Gasteiger partial charge in [-0.3, -0.25) is 4.79 Å². The molecule has 1 saturated carbocycles. The van der Waals surface area contributed by atoms with Crippen molar-refractivity contribution in [3.63, 3.8) is 0 Å². The molecule has 92 valence electrons. The van der Waals surface area contributed by atoms with Crippen LogP contribution in [-0.4, -0.2) is 35.6 Å². The molecule has 17 heavy (non-hydrogen) atoms. The van der Waals surface area contributed by atoms with E-state index in [0.717, 1.165) is 19.3 Å². The van der Waals surface area contributed by atoms with Gasteiger partial charge in [-0.1, -0.05) is 30.3 Å². The molecule has 1 fully saturated rings. The zero-order valence-corrected chi connectivity index (χ0v) is 10.0. The molecule has 0 bridgehead atoms. The first-order chi connectivity index (χ1) is 8.31. The second-order valence-corrected chi connectivity index (χ2v) is 4.56. The summed E-state index contributed by atoms with van der Waals surface area (Å²) >= 11 is 0. The van der Waals surface area contributed by atoms with Gasteiger partial charge in [-0.25, -0.2) is 0 Å². The van der Waals surface area contributed by atoms with Gasteiger partial charge in [0, 0.05) is 19.0 Å². The Bertz CT molecular complexity index is 360. The number of hydrogen-bond acceptors (Lipinski definition) is 2. The lowest BCUT2D eigenvalue weighted by molar-refractivity contribution is -0.133. The Balaban J connectivity index is 1.86. The largest absolute Gasteiger partial charge is 0.395 e. The third-order valence-corrected chi connectivity index (χ3v) is 3.12. The van der Waals surface area contributed by atoms with Crippen molar-refractivity contribution < 1.29 is 9.90 Å². The molecule has 0 saturated heterocycles. The number of carbonyl (C=O) groups excluding carboxylic acids is 1. The molecule has 0 unspecified atom stereocenters. The zero-order chi connectivity index (χ0) is 12.1. The van der Waals surface area contributed by atoms with Crippen molar-refractivity contribution in [3.8, 4) is 0 Å². The number of aliphatic hydroxyl groups is 1. The van der Waals surface area contributed by atoms with Gasteiger partial charge in [-0.05, 0) is 24.8 Å². The third kappa shape index (κ3) is 3.56. The van der Waals surface area contributed by atoms with E-state index in [0.29, 0.717) is 13.1 Å². The quantitative estimate of drug-likeness (QED) is 0.808. The number of hydrogen-bond donors (Lipinski definition) is 1. The molecule has 1 aliphatic carbocycles. The molecule has 1 aromatic rings. The van der Waals surface area contributed by atoms with Crippen LogP contribution in [-0.2, 0) is 11.2 Å². The van der Waals surface area contributed by atoms with E-state index >= 15 is 0 Å². The molecule has 0 aromatic heterocycles. The van der Waals surface area contributed by atoms with Crippen molar-refractivity contribution in [2.24, 2.45) is 5.92 Å². The third-order valence-electron chi connectivity index (χ3n) is 3.12. The molecule has 1 aliphatic rings. The summed E-state index contributed by atoms with van der Waals surface area (Å²) < 4.78 is 0. The van der Waals surface area contributed by atoms with Gasteiger partial charge in [-0.2, -0.15) is 0 Å². The number of benzene rings is 1. The minimum atomic E-state index is 0.0489. The van der Waals surface area contributed by atoms with Crippen LogP contribution in [0.1, 0.15) is 18.4 Å². The van der Waals surface area contributed by atoms with Gasteiger partial charge < -0.3 is 10.0 Å². The average molecular weight is 233 g/mol. The molecule has 3 nitrogen and oxygen atoms in total. The van der Waals surface area contributed by atoms with E-state index in [9.17, 15) is 4.79 Å². The van der Waals surface area contributed by atoms with Gasteiger partial charge in [0.2, 0.25) is 5.91 Å². The molecule has 0 radical (unpaired) electrons. The molecular formula is C14H19NO2. The smallest absolute Gasteiger partial charge is 0.225 e. The first-order valence-electron chi connectivity index (χ1n) is 6.25. The Kier molecular flexibility index (Phi) is 4.15. The maximum absolute atomic E-state index is 11.9. The number of carbonyl (C=O) groups is 1. The molecule has 1 amide bonds. The topological polar surface area (TPSA) is 40.5 Å². The van der Waals surface area contributed by atoms with Crippen molar-refractivity contribution in [1.82, 2.24) is 4.90 Å². The number of aliphatic hydroxyl groups excluding tert-OH is 1. The molecule has 0 heterocycles. The molecule has 0 aliphatic heterocycles. The highest BCUT2D eigenvalue weighted by Crippen LogP contribution is 2.30. The van der Waals surface area contributed by atoms with Crippen molar-refractivity contribution >= 4 is 5.91 Å². The van der Waals surface area contributed by atoms with Crippen LogP contribution in [0.15, 0.2) is 30.3 Å². The first kappa shape index (κ1) is 12.1. The fraction of sp³-hybridized carbons (Fsp3) is 0.500. The summed E-state index contributed by atoms with van der Waals surface area (Å²) in [6.07, 6.45) is 2.90. The molecule has 0 spiro atoms. The van der Waals surface area contributed by atoms with Crippen LogP contribution in [0.4, 0.5) is 0 Å². The highest BCUT2D eigenvalue weighted by Gasteiger charge is 2.32. The lowest BCUT2D eigenvalue weighted by Crippen LogP contribution is -2.36. The number of nitrogens with zero attached hydrogens (tertiary/aromatic N) is 1. The van der Waals surface area contributed by atoms with Crippen LogP contribution in [0.25, 0.3) is 0 Å². The lowest BCUT2D eigenvalue weighted by Gasteiger charge is -2.21. The van der Waals surface area contributed by atoms with E-state index in [4.69, 9.17) is 5.11 Å². The van der Waals surface area contributed by atoms with Crippen LogP contribution in [0.2, 0.25) is 0 Å². The fourth-order valence-electron chi connectivity index (χ4n) is 1.95. The Morgan fingerprint density at radius 1 is 1.24 bits per heavy atom. The van der Waals surface area contributed by atoms with E-state index in [1.807, 2.05) is 18.2 Å². The normalized spacial score (nSPS) is 14.6. The van der Waals surface area contributed by atoms with Gasteiger partial charge >= 0.3 is 0 Å². The molecule has 1 N–H and O–H groups in total. The highest BCUT2D eigenvalue weighted by atomic mass is 16.3. The van der Waals surface area contributed by atoms with E-state index in [2.05, 4.69) is 12.1 Å². The predicted octanol–water partition coefficient (Wildman–Crippen LogP) is 1.46. The summed E-state index contributed by atoms with van der Waals surface area (Å²) in [5.74, 6) is 0.451. The van der Waals surface area contributed by atoms with E-state index in [1.165, 1.54) is 5.56 Å². The minimum absolute atomic E-state index is 0.0489. The van der Waals surface area contributed by atoms with Crippen LogP contribution in [0.3, 0.4) is 0 Å². The molecular weight excluding hydrogens is 214 g/mol. The summed E-state index contributed by atoms with van der Waals surface area (Å²) in [7, 11) is 0. The summed E-state index contributed by atoms with van der Waals surface area (Å²) in [6, 6.07) is 10.1. The number of rotatable bonds is 6. The SMILES string of the molecule is O=C(C1CC1)N(CCO)CCc1ccccc1. The van der Waals surface area contributed by atoms with Crippen molar-refractivity contribution in [1.29, 1.82) is 0 Å². The van der Waals surface area contributed by atoms with Gasteiger partial charge in [0.1, 0.15) is 0 Å². The predicted molar refractivity (Wildman–Crippen MR) is 66.5 cm³/mol. The summed E-state index contributed by atoms with van der Waals surface area (Å²) in [4.78, 5) is 13.7. The molecule has 2 rings (SSSR count). The van der Waals surface area contributed by atoms with E-state index < -0.39 is 0 Å². The Morgan fingerprint density at radius 2 is 1.94 bits per heavy atom. The van der Waals surface area contributed by atoms with Crippen molar-refractivity contribution in [2.45, 2.75) is 19.3 Å². The molecule has 1 aromatic carbocycles. The maximum Gasteiger partial charge on any atom is 0.225 e. The van der Waals surface area contributed by atoms with Crippen molar-refractivity contribution in [2.75, 3.05) is 19.7 Å². The van der Waals surface area contributed by atoms with Crippen LogP contribution in [0.5, 0.6) is 0 Å². The van der Waals surface area contributed by atoms with Crippen LogP contribution in [0, 0.1) is 5.92 Å².